The molecule has 2 aromatic heterocycles. The summed E-state index contributed by atoms with van der Waals surface area (Å²) in [6.45, 7) is 3.35. The molecule has 0 spiro atoms. The van der Waals surface area contributed by atoms with Gasteiger partial charge in [0.25, 0.3) is 5.91 Å². The number of nitrogen functional groups attached to an aromatic ring is 1. The van der Waals surface area contributed by atoms with Crippen LogP contribution in [-0.2, 0) is 13.1 Å². The molecule has 3 N–H and O–H groups in total. The Balaban J connectivity index is 1.49. The number of carbonyl (C=O) groups excluding carboxylic acids is 1. The summed E-state index contributed by atoms with van der Waals surface area (Å²) < 4.78 is 2.13. The SMILES string of the molecule is CCn1cc(C(=O)NCc2ccc3nc(N)ccc3c2)c2c3ccccc3ccc21. The predicted octanol–water partition coefficient (Wildman–Crippen LogP) is 4.87. The maximum Gasteiger partial charge on any atom is 0.253 e. The van der Waals surface area contributed by atoms with Crippen molar-refractivity contribution in [2.24, 2.45) is 0 Å². The molecule has 5 nitrogen and oxygen atoms in total. The molecular formula is C25H22N4O. The Labute approximate surface area is 174 Å². The molecule has 0 unspecified atom stereocenters. The van der Waals surface area contributed by atoms with Gasteiger partial charge in [0.05, 0.1) is 11.1 Å². The van der Waals surface area contributed by atoms with Crippen molar-refractivity contribution in [3.8, 4) is 0 Å². The minimum atomic E-state index is -0.0703. The van der Waals surface area contributed by atoms with Gasteiger partial charge in [0.2, 0.25) is 0 Å². The molecule has 0 aliphatic carbocycles. The quantitative estimate of drug-likeness (QED) is 0.456. The molecule has 0 aliphatic heterocycles. The molecule has 0 saturated carbocycles. The Morgan fingerprint density at radius 3 is 2.73 bits per heavy atom. The molecule has 30 heavy (non-hydrogen) atoms. The van der Waals surface area contributed by atoms with E-state index in [1.165, 1.54) is 0 Å². The number of anilines is 1. The summed E-state index contributed by atoms with van der Waals surface area (Å²) in [7, 11) is 0. The van der Waals surface area contributed by atoms with E-state index in [0.717, 1.165) is 44.7 Å². The number of aryl methyl sites for hydroxylation is 1. The van der Waals surface area contributed by atoms with Crippen molar-refractivity contribution in [3.63, 3.8) is 0 Å². The van der Waals surface area contributed by atoms with Crippen LogP contribution in [0.15, 0.2) is 72.9 Å². The number of pyridine rings is 1. The summed E-state index contributed by atoms with van der Waals surface area (Å²) in [5.74, 6) is 0.433. The van der Waals surface area contributed by atoms with E-state index in [4.69, 9.17) is 5.73 Å². The smallest absolute Gasteiger partial charge is 0.253 e. The van der Waals surface area contributed by atoms with E-state index in [2.05, 4.69) is 46.1 Å². The number of aromatic nitrogens is 2. The first-order valence-corrected chi connectivity index (χ1v) is 10.1. The van der Waals surface area contributed by atoms with Crippen LogP contribution in [0.3, 0.4) is 0 Å². The number of hydrogen-bond acceptors (Lipinski definition) is 3. The molecule has 5 aromatic rings. The lowest BCUT2D eigenvalue weighted by Crippen LogP contribution is -2.22. The molecule has 0 saturated heterocycles. The predicted molar refractivity (Wildman–Crippen MR) is 122 cm³/mol. The number of rotatable bonds is 4. The first-order chi connectivity index (χ1) is 14.6. The molecule has 5 heteroatoms. The van der Waals surface area contributed by atoms with Crippen LogP contribution in [0, 0.1) is 0 Å². The second-order valence-electron chi connectivity index (χ2n) is 7.46. The average molecular weight is 394 g/mol. The van der Waals surface area contributed by atoms with E-state index in [1.54, 1.807) is 6.07 Å². The zero-order valence-corrected chi connectivity index (χ0v) is 16.7. The van der Waals surface area contributed by atoms with Crippen LogP contribution in [0.2, 0.25) is 0 Å². The summed E-state index contributed by atoms with van der Waals surface area (Å²) in [6, 6.07) is 22.1. The number of hydrogen-bond donors (Lipinski definition) is 2. The van der Waals surface area contributed by atoms with Crippen molar-refractivity contribution in [1.29, 1.82) is 0 Å². The van der Waals surface area contributed by atoms with Gasteiger partial charge in [-0.2, -0.15) is 0 Å². The number of nitrogens with one attached hydrogen (secondary N) is 1. The third-order valence-corrected chi connectivity index (χ3v) is 5.58. The van der Waals surface area contributed by atoms with Crippen LogP contribution in [0.25, 0.3) is 32.6 Å². The summed E-state index contributed by atoms with van der Waals surface area (Å²) in [6.07, 6.45) is 1.96. The molecule has 1 amide bonds. The average Bonchev–Trinajstić information content (AvgIpc) is 3.17. The molecule has 0 bridgehead atoms. The summed E-state index contributed by atoms with van der Waals surface area (Å²) in [5.41, 5.74) is 9.41. The summed E-state index contributed by atoms with van der Waals surface area (Å²) >= 11 is 0. The molecule has 2 heterocycles. The maximum absolute atomic E-state index is 13.2. The van der Waals surface area contributed by atoms with E-state index >= 15 is 0 Å². The number of carbonyl (C=O) groups is 1. The molecule has 0 fully saturated rings. The Hall–Kier alpha value is -3.86. The van der Waals surface area contributed by atoms with Gasteiger partial charge in [0.1, 0.15) is 5.82 Å². The Bertz CT molecular complexity index is 1420. The Morgan fingerprint density at radius 2 is 1.87 bits per heavy atom. The van der Waals surface area contributed by atoms with Gasteiger partial charge in [0.15, 0.2) is 0 Å². The van der Waals surface area contributed by atoms with Crippen molar-refractivity contribution in [1.82, 2.24) is 14.9 Å². The first kappa shape index (κ1) is 18.2. The largest absolute Gasteiger partial charge is 0.384 e. The number of nitrogens with zero attached hydrogens (tertiary/aromatic N) is 2. The van der Waals surface area contributed by atoms with Crippen molar-refractivity contribution in [2.45, 2.75) is 20.0 Å². The number of fused-ring (bicyclic) bond motifs is 4. The van der Waals surface area contributed by atoms with Gasteiger partial charge >= 0.3 is 0 Å². The highest BCUT2D eigenvalue weighted by Gasteiger charge is 2.17. The third kappa shape index (κ3) is 3.05. The fourth-order valence-electron chi connectivity index (χ4n) is 4.08. The first-order valence-electron chi connectivity index (χ1n) is 10.1. The highest BCUT2D eigenvalue weighted by atomic mass is 16.1. The lowest BCUT2D eigenvalue weighted by Gasteiger charge is -2.07. The van der Waals surface area contributed by atoms with Gasteiger partial charge in [-0.25, -0.2) is 4.98 Å². The molecule has 0 radical (unpaired) electrons. The van der Waals surface area contributed by atoms with Crippen molar-refractivity contribution < 1.29 is 4.79 Å². The molecule has 0 atom stereocenters. The van der Waals surface area contributed by atoms with Crippen LogP contribution in [-0.4, -0.2) is 15.5 Å². The van der Waals surface area contributed by atoms with Gasteiger partial charge in [-0.1, -0.05) is 36.4 Å². The highest BCUT2D eigenvalue weighted by molar-refractivity contribution is 6.17. The van der Waals surface area contributed by atoms with Gasteiger partial charge < -0.3 is 15.6 Å². The van der Waals surface area contributed by atoms with Crippen molar-refractivity contribution in [2.75, 3.05) is 5.73 Å². The topological polar surface area (TPSA) is 72.9 Å². The van der Waals surface area contributed by atoms with E-state index in [0.29, 0.717) is 17.9 Å². The molecule has 5 rings (SSSR count). The molecule has 3 aromatic carbocycles. The Kier molecular flexibility index (Phi) is 4.36. The minimum absolute atomic E-state index is 0.0703. The fraction of sp³-hybridized carbons (Fsp3) is 0.120. The summed E-state index contributed by atoms with van der Waals surface area (Å²) in [5, 5.41) is 7.33. The van der Waals surface area contributed by atoms with E-state index in [-0.39, 0.29) is 5.91 Å². The lowest BCUT2D eigenvalue weighted by molar-refractivity contribution is 0.0952. The molecular weight excluding hydrogens is 372 g/mol. The minimum Gasteiger partial charge on any atom is -0.384 e. The van der Waals surface area contributed by atoms with E-state index < -0.39 is 0 Å². The zero-order valence-electron chi connectivity index (χ0n) is 16.7. The van der Waals surface area contributed by atoms with Gasteiger partial charge in [-0.05, 0) is 53.6 Å². The number of amides is 1. The number of benzene rings is 3. The second kappa shape index (κ2) is 7.19. The van der Waals surface area contributed by atoms with Gasteiger partial charge in [0, 0.05) is 35.6 Å². The number of nitrogens with two attached hydrogens (primary N) is 1. The molecule has 0 aliphatic rings. The van der Waals surface area contributed by atoms with Crippen LogP contribution >= 0.6 is 0 Å². The van der Waals surface area contributed by atoms with Crippen LogP contribution < -0.4 is 11.1 Å². The standard InChI is InChI=1S/C25H22N4O/c1-2-29-15-20(24-19-6-4-3-5-17(19)8-11-22(24)29)25(30)27-14-16-7-10-21-18(13-16)9-12-23(26)28-21/h3-13,15H,2,14H2,1H3,(H2,26,28)(H,27,30). The zero-order chi connectivity index (χ0) is 20.7. The Morgan fingerprint density at radius 1 is 1.03 bits per heavy atom. The lowest BCUT2D eigenvalue weighted by atomic mass is 10.0. The third-order valence-electron chi connectivity index (χ3n) is 5.58. The van der Waals surface area contributed by atoms with Crippen LogP contribution in [0.4, 0.5) is 5.82 Å². The van der Waals surface area contributed by atoms with E-state index in [9.17, 15) is 4.79 Å². The fourth-order valence-corrected chi connectivity index (χ4v) is 4.08. The van der Waals surface area contributed by atoms with Crippen LogP contribution in [0.1, 0.15) is 22.8 Å². The van der Waals surface area contributed by atoms with E-state index in [1.807, 2.05) is 42.6 Å². The monoisotopic (exact) mass is 394 g/mol. The second-order valence-corrected chi connectivity index (χ2v) is 7.46. The van der Waals surface area contributed by atoms with Gasteiger partial charge in [-0.15, -0.1) is 0 Å². The van der Waals surface area contributed by atoms with Crippen molar-refractivity contribution >= 4 is 44.3 Å². The van der Waals surface area contributed by atoms with Crippen molar-refractivity contribution in [3.05, 3.63) is 84.1 Å². The normalized spacial score (nSPS) is 11.4. The van der Waals surface area contributed by atoms with Gasteiger partial charge in [-0.3, -0.25) is 4.79 Å². The maximum atomic E-state index is 13.2. The van der Waals surface area contributed by atoms with Crippen LogP contribution in [0.5, 0.6) is 0 Å². The molecule has 148 valence electrons. The highest BCUT2D eigenvalue weighted by Crippen LogP contribution is 2.30. The summed E-state index contributed by atoms with van der Waals surface area (Å²) in [4.78, 5) is 17.5.